The second-order valence-corrected chi connectivity index (χ2v) is 7.82. The average Bonchev–Trinajstić information content (AvgIpc) is 3.44. The van der Waals surface area contributed by atoms with Gasteiger partial charge in [0, 0.05) is 18.8 Å². The van der Waals surface area contributed by atoms with Crippen LogP contribution in [0.2, 0.25) is 0 Å². The van der Waals surface area contributed by atoms with Crippen molar-refractivity contribution in [3.05, 3.63) is 71.2 Å². The van der Waals surface area contributed by atoms with Crippen LogP contribution in [0.15, 0.2) is 46.9 Å². The Morgan fingerprint density at radius 1 is 1.27 bits per heavy atom. The second kappa shape index (κ2) is 8.73. The maximum absolute atomic E-state index is 13.6. The highest BCUT2D eigenvalue weighted by molar-refractivity contribution is 5.91. The van der Waals surface area contributed by atoms with Gasteiger partial charge in [0.1, 0.15) is 5.76 Å². The predicted octanol–water partition coefficient (Wildman–Crippen LogP) is 4.21. The Balaban J connectivity index is 1.28. The van der Waals surface area contributed by atoms with Crippen molar-refractivity contribution in [3.63, 3.8) is 0 Å². The lowest BCUT2D eigenvalue weighted by atomic mass is 10.1. The molecule has 0 aliphatic carbocycles. The van der Waals surface area contributed by atoms with E-state index >= 15 is 0 Å². The van der Waals surface area contributed by atoms with Crippen LogP contribution >= 0.6 is 0 Å². The number of nitrogens with zero attached hydrogens (tertiary/aromatic N) is 3. The van der Waals surface area contributed by atoms with E-state index in [9.17, 15) is 9.18 Å². The summed E-state index contributed by atoms with van der Waals surface area (Å²) >= 11 is 0. The highest BCUT2D eigenvalue weighted by Gasteiger charge is 2.28. The third-order valence-corrected chi connectivity index (χ3v) is 5.47. The third kappa shape index (κ3) is 4.56. The molecule has 1 atom stereocenters. The molecule has 30 heavy (non-hydrogen) atoms. The zero-order valence-electron chi connectivity index (χ0n) is 17.3. The molecule has 1 amide bonds. The van der Waals surface area contributed by atoms with Crippen molar-refractivity contribution in [1.82, 2.24) is 14.7 Å². The van der Waals surface area contributed by atoms with Gasteiger partial charge in [0.25, 0.3) is 5.91 Å². The largest absolute Gasteiger partial charge is 0.491 e. The molecule has 158 valence electrons. The third-order valence-electron chi connectivity index (χ3n) is 5.47. The van der Waals surface area contributed by atoms with Gasteiger partial charge in [-0.3, -0.25) is 9.48 Å². The smallest absolute Gasteiger partial charge is 0.289 e. The summed E-state index contributed by atoms with van der Waals surface area (Å²) in [6.45, 7) is 6.23. The molecule has 2 aromatic heterocycles. The fourth-order valence-corrected chi connectivity index (χ4v) is 3.87. The van der Waals surface area contributed by atoms with Crippen LogP contribution in [0.4, 0.5) is 4.39 Å². The van der Waals surface area contributed by atoms with Gasteiger partial charge in [-0.05, 0) is 62.9 Å². The van der Waals surface area contributed by atoms with Crippen molar-refractivity contribution in [2.45, 2.75) is 33.2 Å². The zero-order chi connectivity index (χ0) is 21.1. The molecule has 1 aromatic carbocycles. The summed E-state index contributed by atoms with van der Waals surface area (Å²) in [6.07, 6.45) is 1.69. The summed E-state index contributed by atoms with van der Waals surface area (Å²) in [6, 6.07) is 12.0. The molecule has 1 saturated heterocycles. The van der Waals surface area contributed by atoms with E-state index in [0.29, 0.717) is 43.7 Å². The van der Waals surface area contributed by atoms with E-state index in [1.165, 1.54) is 6.07 Å². The summed E-state index contributed by atoms with van der Waals surface area (Å²) in [5.74, 6) is 1.23. The van der Waals surface area contributed by atoms with Crippen LogP contribution < -0.4 is 4.74 Å². The first-order valence-electron chi connectivity index (χ1n) is 10.3. The van der Waals surface area contributed by atoms with E-state index in [-0.39, 0.29) is 17.5 Å². The number of para-hydroxylation sites is 1. The van der Waals surface area contributed by atoms with Crippen LogP contribution in [0.5, 0.6) is 5.75 Å². The average molecular weight is 411 g/mol. The fraction of sp³-hybridized carbons (Fsp3) is 0.391. The van der Waals surface area contributed by atoms with Gasteiger partial charge >= 0.3 is 0 Å². The Morgan fingerprint density at radius 2 is 2.10 bits per heavy atom. The number of rotatable bonds is 7. The Bertz CT molecular complexity index is 1030. The minimum absolute atomic E-state index is 0.0906. The number of hydrogen-bond acceptors (Lipinski definition) is 4. The number of amides is 1. The first-order valence-corrected chi connectivity index (χ1v) is 10.3. The topological polar surface area (TPSA) is 60.5 Å². The molecule has 1 aliphatic rings. The molecular formula is C23H26FN3O3. The molecule has 1 unspecified atom stereocenters. The van der Waals surface area contributed by atoms with Gasteiger partial charge < -0.3 is 14.1 Å². The molecule has 0 bridgehead atoms. The maximum atomic E-state index is 13.6. The molecule has 3 aromatic rings. The van der Waals surface area contributed by atoms with Gasteiger partial charge in [0.15, 0.2) is 17.3 Å². The molecule has 3 heterocycles. The standard InChI is InChI=1S/C23H26FN3O3/c1-16-13-17(2)27(25-16)15-19-7-8-22(30-19)23(28)26-11-9-18(14-26)10-12-29-21-6-4-3-5-20(21)24/h3-8,13,18H,9-12,14-15H2,1-2H3. The number of ether oxygens (including phenoxy) is 1. The van der Waals surface area contributed by atoms with Crippen molar-refractivity contribution in [1.29, 1.82) is 0 Å². The molecule has 1 fully saturated rings. The van der Waals surface area contributed by atoms with E-state index < -0.39 is 0 Å². The predicted molar refractivity (Wildman–Crippen MR) is 110 cm³/mol. The molecule has 4 rings (SSSR count). The Hall–Kier alpha value is -3.09. The fourth-order valence-electron chi connectivity index (χ4n) is 3.87. The number of halogens is 1. The summed E-state index contributed by atoms with van der Waals surface area (Å²) in [5.41, 5.74) is 2.01. The van der Waals surface area contributed by atoms with Crippen molar-refractivity contribution in [2.75, 3.05) is 19.7 Å². The Kier molecular flexibility index (Phi) is 5.88. The van der Waals surface area contributed by atoms with Crippen LogP contribution in [-0.4, -0.2) is 40.3 Å². The van der Waals surface area contributed by atoms with Crippen LogP contribution in [0.1, 0.15) is 40.5 Å². The minimum atomic E-state index is -0.352. The van der Waals surface area contributed by atoms with Gasteiger partial charge in [-0.1, -0.05) is 12.1 Å². The number of carbonyl (C=O) groups excluding carboxylic acids is 1. The molecule has 0 radical (unpaired) electrons. The minimum Gasteiger partial charge on any atom is -0.491 e. The van der Waals surface area contributed by atoms with Crippen LogP contribution in [0.3, 0.4) is 0 Å². The van der Waals surface area contributed by atoms with Crippen LogP contribution in [0, 0.1) is 25.6 Å². The SMILES string of the molecule is Cc1cc(C)n(Cc2ccc(C(=O)N3CCC(CCOc4ccccc4F)C3)o2)n1. The van der Waals surface area contributed by atoms with E-state index in [4.69, 9.17) is 9.15 Å². The lowest BCUT2D eigenvalue weighted by Crippen LogP contribution is -2.28. The summed E-state index contributed by atoms with van der Waals surface area (Å²) < 4.78 is 26.8. The van der Waals surface area contributed by atoms with Crippen LogP contribution in [0.25, 0.3) is 0 Å². The highest BCUT2D eigenvalue weighted by atomic mass is 19.1. The van der Waals surface area contributed by atoms with Gasteiger partial charge in [0.2, 0.25) is 0 Å². The quantitative estimate of drug-likeness (QED) is 0.584. The molecular weight excluding hydrogens is 385 g/mol. The number of hydrogen-bond donors (Lipinski definition) is 0. The summed E-state index contributed by atoms with van der Waals surface area (Å²) in [4.78, 5) is 14.6. The van der Waals surface area contributed by atoms with Crippen molar-refractivity contribution in [3.8, 4) is 5.75 Å². The molecule has 0 N–H and O–H groups in total. The summed E-state index contributed by atoms with van der Waals surface area (Å²) in [5, 5.41) is 4.43. The van der Waals surface area contributed by atoms with Crippen molar-refractivity contribution < 1.29 is 18.3 Å². The molecule has 0 spiro atoms. The second-order valence-electron chi connectivity index (χ2n) is 7.82. The van der Waals surface area contributed by atoms with Gasteiger partial charge in [-0.25, -0.2) is 4.39 Å². The zero-order valence-corrected chi connectivity index (χ0v) is 17.3. The van der Waals surface area contributed by atoms with Crippen LogP contribution in [-0.2, 0) is 6.54 Å². The van der Waals surface area contributed by atoms with E-state index in [0.717, 1.165) is 24.2 Å². The first-order chi connectivity index (χ1) is 14.5. The molecule has 0 saturated carbocycles. The van der Waals surface area contributed by atoms with E-state index in [1.807, 2.05) is 35.6 Å². The van der Waals surface area contributed by atoms with E-state index in [1.54, 1.807) is 24.3 Å². The van der Waals surface area contributed by atoms with Gasteiger partial charge in [0.05, 0.1) is 18.8 Å². The maximum Gasteiger partial charge on any atom is 0.289 e. The number of likely N-dealkylation sites (tertiary alicyclic amines) is 1. The number of aryl methyl sites for hydroxylation is 2. The first kappa shape index (κ1) is 20.2. The lowest BCUT2D eigenvalue weighted by Gasteiger charge is -2.15. The number of aromatic nitrogens is 2. The monoisotopic (exact) mass is 411 g/mol. The number of benzene rings is 1. The summed E-state index contributed by atoms with van der Waals surface area (Å²) in [7, 11) is 0. The van der Waals surface area contributed by atoms with Crippen molar-refractivity contribution in [2.24, 2.45) is 5.92 Å². The van der Waals surface area contributed by atoms with Crippen molar-refractivity contribution >= 4 is 5.91 Å². The Morgan fingerprint density at radius 3 is 2.87 bits per heavy atom. The highest BCUT2D eigenvalue weighted by Crippen LogP contribution is 2.24. The van der Waals surface area contributed by atoms with Gasteiger partial charge in [-0.15, -0.1) is 0 Å². The lowest BCUT2D eigenvalue weighted by molar-refractivity contribution is 0.0751. The Labute approximate surface area is 175 Å². The molecule has 1 aliphatic heterocycles. The normalized spacial score (nSPS) is 16.2. The number of carbonyl (C=O) groups is 1. The number of furan rings is 1. The van der Waals surface area contributed by atoms with Gasteiger partial charge in [-0.2, -0.15) is 5.10 Å². The molecule has 6 nitrogen and oxygen atoms in total. The van der Waals surface area contributed by atoms with E-state index in [2.05, 4.69) is 5.10 Å². The molecule has 7 heteroatoms.